The molecule has 0 aliphatic carbocycles. The van der Waals surface area contributed by atoms with Crippen LogP contribution in [-0.4, -0.2) is 111 Å². The zero-order chi connectivity index (χ0) is 55.9. The van der Waals surface area contributed by atoms with Crippen molar-refractivity contribution in [1.82, 2.24) is 46.4 Å². The number of hydrogen-bond acceptors (Lipinski definition) is 11. The van der Waals surface area contributed by atoms with E-state index in [1.807, 2.05) is 115 Å². The third-order valence-corrected chi connectivity index (χ3v) is 15.7. The van der Waals surface area contributed by atoms with E-state index >= 15 is 28.8 Å². The number of aryl methyl sites for hydroxylation is 1. The van der Waals surface area contributed by atoms with Gasteiger partial charge in [0.2, 0.25) is 29.5 Å². The molecule has 6 heterocycles. The molecule has 10 rings (SSSR count). The Morgan fingerprint density at radius 1 is 0.568 bits per heavy atom. The molecule has 3 aliphatic heterocycles. The van der Waals surface area contributed by atoms with E-state index < -0.39 is 71.8 Å². The number of H-pyrrole nitrogens is 1. The molecule has 7 atom stereocenters. The topological polar surface area (TPSA) is 226 Å². The van der Waals surface area contributed by atoms with Crippen LogP contribution in [-0.2, 0) is 61.1 Å². The quantitative estimate of drug-likeness (QED) is 0.0643. The lowest BCUT2D eigenvalue weighted by Gasteiger charge is -2.32. The number of amides is 5. The predicted octanol–water partition coefficient (Wildman–Crippen LogP) is 6.16. The molecular formula is C64H69N9O8. The fourth-order valence-corrected chi connectivity index (χ4v) is 11.3. The Hall–Kier alpha value is -8.70. The molecule has 0 unspecified atom stereocenters. The van der Waals surface area contributed by atoms with E-state index in [1.165, 1.54) is 4.90 Å². The van der Waals surface area contributed by atoms with Gasteiger partial charge in [-0.3, -0.25) is 38.7 Å². The van der Waals surface area contributed by atoms with Crippen molar-refractivity contribution in [3.05, 3.63) is 192 Å². The normalized spacial score (nSPS) is 22.6. The van der Waals surface area contributed by atoms with E-state index in [0.29, 0.717) is 42.1 Å². The van der Waals surface area contributed by atoms with Gasteiger partial charge in [-0.05, 0) is 115 Å². The van der Waals surface area contributed by atoms with Crippen molar-refractivity contribution in [2.75, 3.05) is 19.6 Å². The third-order valence-electron chi connectivity index (χ3n) is 15.7. The molecule has 418 valence electrons. The highest BCUT2D eigenvalue weighted by molar-refractivity contribution is 5.99. The standard InChI is InChI=1S/C64H69N9O8/c74-59-36-47(32-44-23-28-65-29-24-44)60(75)71-56(33-43-17-20-49(21-18-43)80-41-45-12-5-2-6-13-45)62(77)72-57(34-46-14-9-27-67-38-46)64(79)73-40-51(81-50-25-30-66-31-26-50)37-58(73)63(78)69-54(22-19-42-10-3-1-4-11-42)61(76)70-55(59)35-48-39-68-53-16-8-7-15-52(48)53/h1-18,20-21,25-27,30-31,38-39,44,47,51,54-58,65,68H,19,22-24,28-29,32-37,40-41H2,(H,69,78)(H,70,76)(H,71,75)(H,72,77)/t47-,51-,54-,55-,56+,57+,58+/m1/s1. The minimum atomic E-state index is -1.27. The molecule has 0 bridgehead atoms. The molecule has 17 nitrogen and oxygen atoms in total. The number of benzene rings is 4. The molecule has 3 aromatic heterocycles. The van der Waals surface area contributed by atoms with Gasteiger partial charge in [0, 0.05) is 79.9 Å². The Bertz CT molecular complexity index is 3230. The number of rotatable bonds is 16. The summed E-state index contributed by atoms with van der Waals surface area (Å²) in [6.07, 6.45) is 9.87. The molecule has 5 amide bonds. The number of nitrogens with one attached hydrogen (secondary N) is 6. The second-order valence-electron chi connectivity index (χ2n) is 21.5. The van der Waals surface area contributed by atoms with Gasteiger partial charge >= 0.3 is 0 Å². The Kier molecular flexibility index (Phi) is 18.5. The second kappa shape index (κ2) is 27.0. The number of aromatic nitrogens is 3. The van der Waals surface area contributed by atoms with Crippen LogP contribution in [0.3, 0.4) is 0 Å². The van der Waals surface area contributed by atoms with Crippen LogP contribution >= 0.6 is 0 Å². The summed E-state index contributed by atoms with van der Waals surface area (Å²) in [6, 6.07) is 35.3. The van der Waals surface area contributed by atoms with E-state index in [9.17, 15) is 0 Å². The van der Waals surface area contributed by atoms with E-state index in [1.54, 1.807) is 49.1 Å². The van der Waals surface area contributed by atoms with Crippen LogP contribution < -0.4 is 36.1 Å². The van der Waals surface area contributed by atoms with Gasteiger partial charge in [0.25, 0.3) is 0 Å². The van der Waals surface area contributed by atoms with Crippen molar-refractivity contribution >= 4 is 46.2 Å². The summed E-state index contributed by atoms with van der Waals surface area (Å²) in [5, 5.41) is 16.5. The summed E-state index contributed by atoms with van der Waals surface area (Å²) in [5.74, 6) is -3.01. The third kappa shape index (κ3) is 15.0. The highest BCUT2D eigenvalue weighted by Crippen LogP contribution is 2.29. The predicted molar refractivity (Wildman–Crippen MR) is 305 cm³/mol. The average molecular weight is 1090 g/mol. The second-order valence-corrected chi connectivity index (χ2v) is 21.5. The number of fused-ring (bicyclic) bond motifs is 2. The van der Waals surface area contributed by atoms with Gasteiger partial charge in [-0.25, -0.2) is 0 Å². The molecule has 17 heteroatoms. The summed E-state index contributed by atoms with van der Waals surface area (Å²) in [7, 11) is 0. The number of ether oxygens (including phenoxy) is 2. The van der Waals surface area contributed by atoms with Gasteiger partial charge < -0.3 is 45.9 Å². The lowest BCUT2D eigenvalue weighted by molar-refractivity contribution is -0.143. The molecule has 4 aromatic carbocycles. The number of Topliss-reactive ketones (excluding diaryl/α,β-unsaturated/α-hetero) is 1. The minimum absolute atomic E-state index is 0.0125. The van der Waals surface area contributed by atoms with Crippen LogP contribution in [0.1, 0.15) is 66.3 Å². The first-order valence-electron chi connectivity index (χ1n) is 28.1. The Labute approximate surface area is 471 Å². The van der Waals surface area contributed by atoms with Crippen molar-refractivity contribution in [1.29, 1.82) is 0 Å². The zero-order valence-corrected chi connectivity index (χ0v) is 45.2. The number of nitrogens with zero attached hydrogens (tertiary/aromatic N) is 3. The van der Waals surface area contributed by atoms with Gasteiger partial charge in [0.1, 0.15) is 48.4 Å². The number of aromatic amines is 1. The van der Waals surface area contributed by atoms with Gasteiger partial charge in [0.15, 0.2) is 5.78 Å². The van der Waals surface area contributed by atoms with Crippen molar-refractivity contribution in [3.63, 3.8) is 0 Å². The van der Waals surface area contributed by atoms with E-state index in [2.05, 4.69) is 41.5 Å². The van der Waals surface area contributed by atoms with Crippen LogP contribution in [0.5, 0.6) is 11.5 Å². The van der Waals surface area contributed by atoms with Crippen molar-refractivity contribution < 1.29 is 38.2 Å². The fraction of sp³-hybridized carbons (Fsp3) is 0.344. The molecule has 3 aliphatic rings. The first kappa shape index (κ1) is 55.6. The molecule has 0 radical (unpaired) electrons. The van der Waals surface area contributed by atoms with Crippen LogP contribution in [0.25, 0.3) is 10.9 Å². The maximum Gasteiger partial charge on any atom is 0.246 e. The number of carbonyl (C=O) groups is 6. The summed E-state index contributed by atoms with van der Waals surface area (Å²) < 4.78 is 12.5. The summed E-state index contributed by atoms with van der Waals surface area (Å²) in [5.41, 5.74) is 4.89. The molecule has 81 heavy (non-hydrogen) atoms. The Morgan fingerprint density at radius 2 is 1.23 bits per heavy atom. The van der Waals surface area contributed by atoms with E-state index in [4.69, 9.17) is 9.47 Å². The largest absolute Gasteiger partial charge is 0.489 e. The lowest BCUT2D eigenvalue weighted by atomic mass is 9.83. The highest BCUT2D eigenvalue weighted by Gasteiger charge is 2.45. The summed E-state index contributed by atoms with van der Waals surface area (Å²) >= 11 is 0. The molecule has 7 aromatic rings. The molecule has 3 saturated heterocycles. The number of pyridine rings is 2. The molecular weight excluding hydrogens is 1020 g/mol. The molecule has 3 fully saturated rings. The van der Waals surface area contributed by atoms with E-state index in [0.717, 1.165) is 53.5 Å². The van der Waals surface area contributed by atoms with Crippen LogP contribution in [0.2, 0.25) is 0 Å². The van der Waals surface area contributed by atoms with E-state index in [-0.39, 0.29) is 56.8 Å². The number of piperidine rings is 1. The molecule has 0 saturated carbocycles. The number of para-hydroxylation sites is 1. The van der Waals surface area contributed by atoms with Gasteiger partial charge in [-0.1, -0.05) is 97.1 Å². The average Bonchev–Trinajstić information content (AvgIpc) is 4.13. The maximum atomic E-state index is 15.5. The van der Waals surface area contributed by atoms with Gasteiger partial charge in [0.05, 0.1) is 12.6 Å². The van der Waals surface area contributed by atoms with Crippen LogP contribution in [0.4, 0.5) is 0 Å². The number of ketones is 1. The van der Waals surface area contributed by atoms with Crippen molar-refractivity contribution in [2.24, 2.45) is 11.8 Å². The Morgan fingerprint density at radius 3 is 1.99 bits per heavy atom. The minimum Gasteiger partial charge on any atom is -0.489 e. The lowest BCUT2D eigenvalue weighted by Crippen LogP contribution is -2.60. The van der Waals surface area contributed by atoms with Gasteiger partial charge in [-0.2, -0.15) is 0 Å². The maximum absolute atomic E-state index is 15.5. The first-order chi connectivity index (χ1) is 39.6. The fourth-order valence-electron chi connectivity index (χ4n) is 11.3. The summed E-state index contributed by atoms with van der Waals surface area (Å²) in [4.78, 5) is 105. The van der Waals surface area contributed by atoms with Gasteiger partial charge in [-0.15, -0.1) is 0 Å². The molecule has 0 spiro atoms. The van der Waals surface area contributed by atoms with Crippen molar-refractivity contribution in [3.8, 4) is 11.5 Å². The smallest absolute Gasteiger partial charge is 0.246 e. The van der Waals surface area contributed by atoms with Crippen LogP contribution in [0.15, 0.2) is 164 Å². The number of hydrogen-bond donors (Lipinski definition) is 6. The number of carbonyl (C=O) groups excluding carboxylic acids is 6. The monoisotopic (exact) mass is 1090 g/mol. The summed E-state index contributed by atoms with van der Waals surface area (Å²) in [6.45, 7) is 1.80. The zero-order valence-electron chi connectivity index (χ0n) is 45.2. The highest BCUT2D eigenvalue weighted by atomic mass is 16.5. The SMILES string of the molecule is O=C1N[C@@H](Cc2ccc(OCc3ccccc3)cc2)C(=O)N[C@@H](Cc2cccnc2)C(=O)N2C[C@H](Oc3ccncc3)C[C@H]2C(=O)N[C@H](CCc2ccccc2)C(=O)N[C@H](Cc2c[nH]c3ccccc23)C(=O)C[C@H]1CC1CCNCC1. The molecule has 6 N–H and O–H groups in total. The van der Waals surface area contributed by atoms with Crippen LogP contribution in [0, 0.1) is 11.8 Å². The first-order valence-corrected chi connectivity index (χ1v) is 28.1. The van der Waals surface area contributed by atoms with Crippen molar-refractivity contribution in [2.45, 2.75) is 107 Å². The Balaban J connectivity index is 1.03.